The highest BCUT2D eigenvalue weighted by Gasteiger charge is 2.22. The molecule has 154 valence electrons. The molecule has 3 rings (SSSR count). The van der Waals surface area contributed by atoms with Gasteiger partial charge in [0.1, 0.15) is 0 Å². The molecule has 9 nitrogen and oxygen atoms in total. The molecule has 2 aromatic heterocycles. The smallest absolute Gasteiger partial charge is 0.332 e. The summed E-state index contributed by atoms with van der Waals surface area (Å²) in [6, 6.07) is 0. The molecule has 1 aliphatic rings. The van der Waals surface area contributed by atoms with E-state index in [-0.39, 0.29) is 17.2 Å². The Morgan fingerprint density at radius 1 is 1.07 bits per heavy atom. The molecule has 0 aliphatic carbocycles. The maximum atomic E-state index is 12.7. The third kappa shape index (κ3) is 3.88. The summed E-state index contributed by atoms with van der Waals surface area (Å²) < 4.78 is 4.37. The number of amides is 1. The average molecular weight is 409 g/mol. The zero-order valence-electron chi connectivity index (χ0n) is 17.0. The van der Waals surface area contributed by atoms with Crippen molar-refractivity contribution in [1.82, 2.24) is 28.5 Å². The zero-order valence-corrected chi connectivity index (χ0v) is 17.8. The van der Waals surface area contributed by atoms with Crippen molar-refractivity contribution in [3.8, 4) is 0 Å². The summed E-state index contributed by atoms with van der Waals surface area (Å²) in [6.07, 6.45) is 1.85. The van der Waals surface area contributed by atoms with E-state index in [1.807, 2.05) is 9.47 Å². The van der Waals surface area contributed by atoms with E-state index in [2.05, 4.69) is 23.9 Å². The van der Waals surface area contributed by atoms with Gasteiger partial charge in [0.05, 0.1) is 5.75 Å². The van der Waals surface area contributed by atoms with E-state index in [1.165, 1.54) is 23.4 Å². The zero-order chi connectivity index (χ0) is 20.4. The van der Waals surface area contributed by atoms with E-state index in [0.29, 0.717) is 22.9 Å². The van der Waals surface area contributed by atoms with E-state index in [4.69, 9.17) is 0 Å². The molecule has 28 heavy (non-hydrogen) atoms. The molecule has 1 saturated heterocycles. The summed E-state index contributed by atoms with van der Waals surface area (Å²) >= 11 is 1.34. The Bertz CT molecular complexity index is 984. The molecular weight excluding hydrogens is 380 g/mol. The number of thioether (sulfide) groups is 1. The van der Waals surface area contributed by atoms with Crippen molar-refractivity contribution in [2.75, 3.05) is 39.0 Å². The molecule has 2 aromatic rings. The maximum absolute atomic E-state index is 12.7. The highest BCUT2D eigenvalue weighted by Crippen LogP contribution is 2.23. The van der Waals surface area contributed by atoms with Crippen molar-refractivity contribution in [1.29, 1.82) is 0 Å². The summed E-state index contributed by atoms with van der Waals surface area (Å²) in [7, 11) is 5.15. The van der Waals surface area contributed by atoms with Crippen LogP contribution in [0.5, 0.6) is 0 Å². The summed E-state index contributed by atoms with van der Waals surface area (Å²) in [5.74, 6) is 0.349. The van der Waals surface area contributed by atoms with Crippen LogP contribution in [0, 0.1) is 0 Å². The van der Waals surface area contributed by atoms with Gasteiger partial charge in [-0.1, -0.05) is 25.1 Å². The number of rotatable bonds is 6. The van der Waals surface area contributed by atoms with Gasteiger partial charge in [0.2, 0.25) is 5.91 Å². The summed E-state index contributed by atoms with van der Waals surface area (Å²) in [5, 5.41) is 0.615. The number of piperazine rings is 1. The quantitative estimate of drug-likeness (QED) is 0.631. The van der Waals surface area contributed by atoms with Gasteiger partial charge in [0.15, 0.2) is 16.3 Å². The minimum absolute atomic E-state index is 0.0778. The lowest BCUT2D eigenvalue weighted by Crippen LogP contribution is -2.47. The van der Waals surface area contributed by atoms with Crippen molar-refractivity contribution in [2.24, 2.45) is 14.1 Å². The van der Waals surface area contributed by atoms with Crippen LogP contribution in [-0.4, -0.2) is 73.4 Å². The Labute approximate surface area is 167 Å². The monoisotopic (exact) mass is 408 g/mol. The number of likely N-dealkylation sites (N-methyl/N-ethyl adjacent to an activating group) is 1. The van der Waals surface area contributed by atoms with E-state index in [9.17, 15) is 14.4 Å². The normalized spacial score (nSPS) is 15.5. The van der Waals surface area contributed by atoms with E-state index >= 15 is 0 Å². The molecule has 0 bridgehead atoms. The molecule has 0 N–H and O–H groups in total. The molecule has 1 aliphatic heterocycles. The van der Waals surface area contributed by atoms with E-state index in [1.54, 1.807) is 7.05 Å². The van der Waals surface area contributed by atoms with Gasteiger partial charge < -0.3 is 14.4 Å². The number of carbonyl (C=O) groups excluding carboxylic acids is 1. The fourth-order valence-electron chi connectivity index (χ4n) is 3.33. The van der Waals surface area contributed by atoms with Gasteiger partial charge in [-0.25, -0.2) is 9.78 Å². The van der Waals surface area contributed by atoms with Crippen molar-refractivity contribution in [3.05, 3.63) is 20.8 Å². The first-order valence-electron chi connectivity index (χ1n) is 9.60. The number of unbranched alkanes of at least 4 members (excludes halogenated alkanes) is 1. The van der Waals surface area contributed by atoms with Crippen LogP contribution in [0.15, 0.2) is 14.7 Å². The summed E-state index contributed by atoms with van der Waals surface area (Å²) in [6.45, 7) is 5.93. The van der Waals surface area contributed by atoms with Crippen molar-refractivity contribution < 1.29 is 4.79 Å². The number of nitrogens with zero attached hydrogens (tertiary/aromatic N) is 6. The lowest BCUT2D eigenvalue weighted by Gasteiger charge is -2.32. The Kier molecular flexibility index (Phi) is 6.29. The molecule has 0 aromatic carbocycles. The molecule has 1 fully saturated rings. The van der Waals surface area contributed by atoms with Crippen LogP contribution in [-0.2, 0) is 25.4 Å². The van der Waals surface area contributed by atoms with E-state index < -0.39 is 5.69 Å². The first kappa shape index (κ1) is 20.7. The molecule has 0 spiro atoms. The average Bonchev–Trinajstić information content (AvgIpc) is 3.06. The Balaban J connectivity index is 1.90. The lowest BCUT2D eigenvalue weighted by atomic mass is 10.3. The van der Waals surface area contributed by atoms with Gasteiger partial charge in [-0.15, -0.1) is 0 Å². The molecule has 0 saturated carbocycles. The number of imidazole rings is 1. The molecule has 0 atom stereocenters. The minimum atomic E-state index is -0.400. The number of aromatic nitrogens is 4. The molecule has 0 radical (unpaired) electrons. The van der Waals surface area contributed by atoms with Gasteiger partial charge in [0, 0.05) is 46.8 Å². The maximum Gasteiger partial charge on any atom is 0.332 e. The predicted molar refractivity (Wildman–Crippen MR) is 110 cm³/mol. The number of fused-ring (bicyclic) bond motifs is 1. The van der Waals surface area contributed by atoms with Crippen molar-refractivity contribution in [2.45, 2.75) is 31.5 Å². The SMILES string of the molecule is CCCCn1c(SCC(=O)N2CCN(C)CC2)nc2c1c(=O)n(C)c(=O)n2C. The molecule has 0 unspecified atom stereocenters. The highest BCUT2D eigenvalue weighted by atomic mass is 32.2. The van der Waals surface area contributed by atoms with Crippen LogP contribution in [0.25, 0.3) is 11.2 Å². The fourth-order valence-corrected chi connectivity index (χ4v) is 4.26. The van der Waals surface area contributed by atoms with Crippen LogP contribution in [0.4, 0.5) is 0 Å². The number of carbonyl (C=O) groups is 1. The van der Waals surface area contributed by atoms with E-state index in [0.717, 1.165) is 43.6 Å². The number of hydrogen-bond donors (Lipinski definition) is 0. The van der Waals surface area contributed by atoms with Crippen molar-refractivity contribution >= 4 is 28.8 Å². The minimum Gasteiger partial charge on any atom is -0.339 e. The first-order chi connectivity index (χ1) is 13.3. The lowest BCUT2D eigenvalue weighted by molar-refractivity contribution is -0.129. The van der Waals surface area contributed by atoms with Gasteiger partial charge in [-0.3, -0.25) is 18.7 Å². The molecule has 10 heteroatoms. The second kappa shape index (κ2) is 8.52. The van der Waals surface area contributed by atoms with Gasteiger partial charge in [-0.2, -0.15) is 0 Å². The summed E-state index contributed by atoms with van der Waals surface area (Å²) in [4.78, 5) is 46.2. The third-order valence-electron chi connectivity index (χ3n) is 5.23. The molecule has 3 heterocycles. The second-order valence-corrected chi connectivity index (χ2v) is 8.19. The van der Waals surface area contributed by atoms with Crippen LogP contribution in [0.3, 0.4) is 0 Å². The highest BCUT2D eigenvalue weighted by molar-refractivity contribution is 7.99. The first-order valence-corrected chi connectivity index (χ1v) is 10.6. The Morgan fingerprint density at radius 2 is 1.75 bits per heavy atom. The molecule has 1 amide bonds. The largest absolute Gasteiger partial charge is 0.339 e. The van der Waals surface area contributed by atoms with Gasteiger partial charge in [-0.05, 0) is 13.5 Å². The van der Waals surface area contributed by atoms with Crippen LogP contribution in [0.2, 0.25) is 0 Å². The standard InChI is InChI=1S/C18H28N6O3S/c1-5-6-7-24-14-15(21(3)18(27)22(4)16(14)26)19-17(24)28-12-13(25)23-10-8-20(2)9-11-23/h5-12H2,1-4H3. The Morgan fingerprint density at radius 3 is 2.39 bits per heavy atom. The predicted octanol–water partition coefficient (Wildman–Crippen LogP) is 0.0999. The fraction of sp³-hybridized carbons (Fsp3) is 0.667. The number of hydrogen-bond acceptors (Lipinski definition) is 6. The van der Waals surface area contributed by atoms with Crippen LogP contribution in [0.1, 0.15) is 19.8 Å². The topological polar surface area (TPSA) is 85.4 Å². The van der Waals surface area contributed by atoms with Crippen molar-refractivity contribution in [3.63, 3.8) is 0 Å². The van der Waals surface area contributed by atoms with Gasteiger partial charge in [0.25, 0.3) is 5.56 Å². The second-order valence-electron chi connectivity index (χ2n) is 7.25. The van der Waals surface area contributed by atoms with Crippen LogP contribution >= 0.6 is 11.8 Å². The van der Waals surface area contributed by atoms with Gasteiger partial charge >= 0.3 is 5.69 Å². The van der Waals surface area contributed by atoms with Crippen LogP contribution < -0.4 is 11.2 Å². The summed E-state index contributed by atoms with van der Waals surface area (Å²) in [5.41, 5.74) is 0.0491. The number of aryl methyl sites for hydroxylation is 2. The molecular formula is C18H28N6O3S. The Hall–Kier alpha value is -2.07. The third-order valence-corrected chi connectivity index (χ3v) is 6.19.